The summed E-state index contributed by atoms with van der Waals surface area (Å²) in [7, 11) is 0. The molecule has 1 heterocycles. The second-order valence-corrected chi connectivity index (χ2v) is 5.70. The van der Waals surface area contributed by atoms with E-state index in [9.17, 15) is 4.79 Å². The molecule has 0 amide bonds. The van der Waals surface area contributed by atoms with E-state index in [0.717, 1.165) is 26.1 Å². The van der Waals surface area contributed by atoms with Crippen molar-refractivity contribution in [1.29, 1.82) is 0 Å². The SMILES string of the molecule is CC(=O)C(C)(C)CN1CCCC(CCO)C1. The topological polar surface area (TPSA) is 40.5 Å². The van der Waals surface area contributed by atoms with E-state index < -0.39 is 0 Å². The Bertz CT molecular complexity index is 236. The lowest BCUT2D eigenvalue weighted by Crippen LogP contribution is -2.43. The Kier molecular flexibility index (Phi) is 4.93. The van der Waals surface area contributed by atoms with Crippen LogP contribution in [0.5, 0.6) is 0 Å². The van der Waals surface area contributed by atoms with Gasteiger partial charge in [0.15, 0.2) is 0 Å². The largest absolute Gasteiger partial charge is 0.396 e. The molecule has 0 aromatic heterocycles. The van der Waals surface area contributed by atoms with E-state index in [2.05, 4.69) is 4.90 Å². The third kappa shape index (κ3) is 3.87. The molecule has 1 atom stereocenters. The number of hydrogen-bond acceptors (Lipinski definition) is 3. The van der Waals surface area contributed by atoms with Gasteiger partial charge in [0.05, 0.1) is 0 Å². The van der Waals surface area contributed by atoms with Crippen molar-refractivity contribution in [2.45, 2.75) is 40.0 Å². The molecule has 0 bridgehead atoms. The van der Waals surface area contributed by atoms with E-state index in [1.807, 2.05) is 13.8 Å². The Morgan fingerprint density at radius 1 is 1.50 bits per heavy atom. The van der Waals surface area contributed by atoms with Crippen molar-refractivity contribution in [2.24, 2.45) is 11.3 Å². The maximum absolute atomic E-state index is 11.5. The van der Waals surface area contributed by atoms with E-state index in [1.54, 1.807) is 6.92 Å². The van der Waals surface area contributed by atoms with Crippen molar-refractivity contribution in [3.63, 3.8) is 0 Å². The Hall–Kier alpha value is -0.410. The standard InChI is InChI=1S/C13H25NO2/c1-11(16)13(2,3)10-14-7-4-5-12(9-14)6-8-15/h12,15H,4-10H2,1-3H3. The van der Waals surface area contributed by atoms with Crippen LogP contribution in [0.1, 0.15) is 40.0 Å². The average molecular weight is 227 g/mol. The molecule has 0 aromatic rings. The van der Waals surface area contributed by atoms with Crippen molar-refractivity contribution in [2.75, 3.05) is 26.2 Å². The highest BCUT2D eigenvalue weighted by Gasteiger charge is 2.29. The van der Waals surface area contributed by atoms with E-state index in [4.69, 9.17) is 5.11 Å². The predicted molar refractivity (Wildman–Crippen MR) is 65.3 cm³/mol. The Labute approximate surface area is 98.8 Å². The summed E-state index contributed by atoms with van der Waals surface area (Å²) in [5.41, 5.74) is -0.235. The Morgan fingerprint density at radius 2 is 2.19 bits per heavy atom. The zero-order chi connectivity index (χ0) is 12.2. The molecule has 0 radical (unpaired) electrons. The highest BCUT2D eigenvalue weighted by Crippen LogP contribution is 2.24. The molecule has 0 aromatic carbocycles. The molecule has 1 saturated heterocycles. The first-order valence-corrected chi connectivity index (χ1v) is 6.30. The van der Waals surface area contributed by atoms with Gasteiger partial charge in [-0.15, -0.1) is 0 Å². The number of nitrogens with zero attached hydrogens (tertiary/aromatic N) is 1. The van der Waals surface area contributed by atoms with E-state index >= 15 is 0 Å². The molecule has 3 heteroatoms. The number of piperidine rings is 1. The zero-order valence-corrected chi connectivity index (χ0v) is 10.8. The Morgan fingerprint density at radius 3 is 2.75 bits per heavy atom. The van der Waals surface area contributed by atoms with Crippen LogP contribution in [-0.4, -0.2) is 42.0 Å². The summed E-state index contributed by atoms with van der Waals surface area (Å²) in [5.74, 6) is 0.873. The van der Waals surface area contributed by atoms with Gasteiger partial charge in [0, 0.05) is 25.1 Å². The van der Waals surface area contributed by atoms with Crippen LogP contribution in [0.4, 0.5) is 0 Å². The lowest BCUT2D eigenvalue weighted by Gasteiger charge is -2.37. The van der Waals surface area contributed by atoms with Gasteiger partial charge in [-0.05, 0) is 38.6 Å². The number of aliphatic hydroxyl groups is 1. The van der Waals surface area contributed by atoms with Crippen molar-refractivity contribution >= 4 is 5.78 Å². The first-order valence-electron chi connectivity index (χ1n) is 6.30. The highest BCUT2D eigenvalue weighted by atomic mass is 16.3. The average Bonchev–Trinajstić information content (AvgIpc) is 2.17. The molecule has 1 rings (SSSR count). The van der Waals surface area contributed by atoms with Crippen molar-refractivity contribution in [1.82, 2.24) is 4.90 Å². The van der Waals surface area contributed by atoms with Crippen molar-refractivity contribution in [3.05, 3.63) is 0 Å². The fraction of sp³-hybridized carbons (Fsp3) is 0.923. The molecule has 1 N–H and O–H groups in total. The van der Waals surface area contributed by atoms with Gasteiger partial charge in [-0.3, -0.25) is 4.79 Å². The van der Waals surface area contributed by atoms with Gasteiger partial charge in [0.2, 0.25) is 0 Å². The molecular formula is C13H25NO2. The van der Waals surface area contributed by atoms with Gasteiger partial charge in [-0.25, -0.2) is 0 Å². The van der Waals surface area contributed by atoms with Crippen LogP contribution in [0.25, 0.3) is 0 Å². The molecule has 1 unspecified atom stereocenters. The summed E-state index contributed by atoms with van der Waals surface area (Å²) in [6, 6.07) is 0. The minimum Gasteiger partial charge on any atom is -0.396 e. The van der Waals surface area contributed by atoms with Crippen LogP contribution < -0.4 is 0 Å². The lowest BCUT2D eigenvalue weighted by atomic mass is 9.86. The van der Waals surface area contributed by atoms with Gasteiger partial charge in [0.25, 0.3) is 0 Å². The summed E-state index contributed by atoms with van der Waals surface area (Å²) < 4.78 is 0. The minimum atomic E-state index is -0.235. The number of Topliss-reactive ketones (excluding diaryl/α,β-unsaturated/α-hetero) is 1. The first kappa shape index (κ1) is 13.7. The summed E-state index contributed by atoms with van der Waals surface area (Å²) >= 11 is 0. The smallest absolute Gasteiger partial charge is 0.136 e. The van der Waals surface area contributed by atoms with Crippen LogP contribution >= 0.6 is 0 Å². The third-order valence-electron chi connectivity index (χ3n) is 3.71. The van der Waals surface area contributed by atoms with Gasteiger partial charge >= 0.3 is 0 Å². The number of likely N-dealkylation sites (tertiary alicyclic amines) is 1. The number of carbonyl (C=O) groups is 1. The zero-order valence-electron chi connectivity index (χ0n) is 10.8. The van der Waals surface area contributed by atoms with E-state index in [1.165, 1.54) is 12.8 Å². The highest BCUT2D eigenvalue weighted by molar-refractivity contribution is 5.81. The van der Waals surface area contributed by atoms with Crippen molar-refractivity contribution < 1.29 is 9.90 Å². The normalized spacial score (nSPS) is 23.4. The predicted octanol–water partition coefficient (Wildman–Crippen LogP) is 1.70. The van der Waals surface area contributed by atoms with Crippen LogP contribution in [-0.2, 0) is 4.79 Å². The van der Waals surface area contributed by atoms with Crippen LogP contribution in [0.2, 0.25) is 0 Å². The molecule has 1 aliphatic rings. The lowest BCUT2D eigenvalue weighted by molar-refractivity contribution is -0.126. The number of hydrogen-bond donors (Lipinski definition) is 1. The van der Waals surface area contributed by atoms with Crippen LogP contribution in [0.3, 0.4) is 0 Å². The number of carbonyl (C=O) groups excluding carboxylic acids is 1. The molecule has 16 heavy (non-hydrogen) atoms. The quantitative estimate of drug-likeness (QED) is 0.777. The molecule has 1 aliphatic heterocycles. The van der Waals surface area contributed by atoms with Crippen LogP contribution in [0, 0.1) is 11.3 Å². The molecule has 3 nitrogen and oxygen atoms in total. The summed E-state index contributed by atoms with van der Waals surface area (Å²) in [4.78, 5) is 13.9. The first-order chi connectivity index (χ1) is 7.45. The second kappa shape index (κ2) is 5.78. The molecule has 94 valence electrons. The molecular weight excluding hydrogens is 202 g/mol. The maximum Gasteiger partial charge on any atom is 0.136 e. The van der Waals surface area contributed by atoms with Gasteiger partial charge in [-0.2, -0.15) is 0 Å². The second-order valence-electron chi connectivity index (χ2n) is 5.70. The molecule has 0 saturated carbocycles. The van der Waals surface area contributed by atoms with E-state index in [-0.39, 0.29) is 17.8 Å². The fourth-order valence-corrected chi connectivity index (χ4v) is 2.38. The Balaban J connectivity index is 2.45. The number of aliphatic hydroxyl groups excluding tert-OH is 1. The summed E-state index contributed by atoms with van der Waals surface area (Å²) in [6.07, 6.45) is 3.31. The van der Waals surface area contributed by atoms with Crippen molar-refractivity contribution in [3.8, 4) is 0 Å². The summed E-state index contributed by atoms with van der Waals surface area (Å²) in [5, 5.41) is 8.95. The van der Waals surface area contributed by atoms with Gasteiger partial charge in [-0.1, -0.05) is 13.8 Å². The summed E-state index contributed by atoms with van der Waals surface area (Å²) in [6.45, 7) is 8.99. The van der Waals surface area contributed by atoms with Crippen LogP contribution in [0.15, 0.2) is 0 Å². The molecule has 1 fully saturated rings. The van der Waals surface area contributed by atoms with Gasteiger partial charge in [0.1, 0.15) is 5.78 Å². The monoisotopic (exact) mass is 227 g/mol. The molecule has 0 spiro atoms. The molecule has 0 aliphatic carbocycles. The van der Waals surface area contributed by atoms with Gasteiger partial charge < -0.3 is 10.0 Å². The van der Waals surface area contributed by atoms with E-state index in [0.29, 0.717) is 5.92 Å². The minimum absolute atomic E-state index is 0.235. The third-order valence-corrected chi connectivity index (χ3v) is 3.71. The maximum atomic E-state index is 11.5. The number of rotatable bonds is 5. The fourth-order valence-electron chi connectivity index (χ4n) is 2.38. The number of ketones is 1.